The van der Waals surface area contributed by atoms with Gasteiger partial charge < -0.3 is 15.2 Å². The fourth-order valence-corrected chi connectivity index (χ4v) is 3.27. The molecule has 5 nitrogen and oxygen atoms in total. The van der Waals surface area contributed by atoms with E-state index in [9.17, 15) is 14.3 Å². The molecule has 28 heavy (non-hydrogen) atoms. The third kappa shape index (κ3) is 4.06. The Morgan fingerprint density at radius 2 is 1.89 bits per heavy atom. The van der Waals surface area contributed by atoms with E-state index in [0.717, 1.165) is 10.8 Å². The molecular formula is C22H23FN2O3. The molecule has 0 amide bonds. The van der Waals surface area contributed by atoms with Crippen molar-refractivity contribution in [1.29, 1.82) is 0 Å². The van der Waals surface area contributed by atoms with Crippen LogP contribution in [0.1, 0.15) is 20.3 Å². The number of aliphatic carboxylic acids is 1. The number of aromatic nitrogens is 1. The van der Waals surface area contributed by atoms with Crippen molar-refractivity contribution in [2.75, 3.05) is 12.4 Å². The number of anilines is 1. The zero-order valence-corrected chi connectivity index (χ0v) is 16.1. The summed E-state index contributed by atoms with van der Waals surface area (Å²) in [6.45, 7) is 3.95. The molecule has 1 aromatic heterocycles. The highest BCUT2D eigenvalue weighted by atomic mass is 19.1. The molecule has 0 fully saturated rings. The Kier molecular flexibility index (Phi) is 5.78. The molecule has 0 bridgehead atoms. The predicted molar refractivity (Wildman–Crippen MR) is 108 cm³/mol. The van der Waals surface area contributed by atoms with Crippen LogP contribution in [0, 0.1) is 11.7 Å². The van der Waals surface area contributed by atoms with Crippen molar-refractivity contribution in [2.24, 2.45) is 5.92 Å². The molecule has 2 N–H and O–H groups in total. The van der Waals surface area contributed by atoms with E-state index in [4.69, 9.17) is 4.74 Å². The summed E-state index contributed by atoms with van der Waals surface area (Å²) in [5.41, 5.74) is 1.31. The van der Waals surface area contributed by atoms with Gasteiger partial charge in [0.15, 0.2) is 0 Å². The van der Waals surface area contributed by atoms with E-state index in [1.165, 1.54) is 19.2 Å². The number of carboxylic acids is 1. The third-order valence-electron chi connectivity index (χ3n) is 4.56. The number of carbonyl (C=O) groups is 1. The van der Waals surface area contributed by atoms with Crippen LogP contribution in [-0.4, -0.2) is 29.2 Å². The maximum Gasteiger partial charge on any atom is 0.326 e. The molecule has 0 saturated heterocycles. The van der Waals surface area contributed by atoms with Gasteiger partial charge in [0.1, 0.15) is 23.4 Å². The van der Waals surface area contributed by atoms with Gasteiger partial charge >= 0.3 is 5.97 Å². The summed E-state index contributed by atoms with van der Waals surface area (Å²) in [7, 11) is 1.53. The Balaban J connectivity index is 2.12. The minimum Gasteiger partial charge on any atom is -0.496 e. The maximum absolute atomic E-state index is 13.9. The number of benzene rings is 2. The summed E-state index contributed by atoms with van der Waals surface area (Å²) < 4.78 is 19.3. The minimum atomic E-state index is -0.921. The van der Waals surface area contributed by atoms with Gasteiger partial charge in [0.05, 0.1) is 7.11 Å². The normalized spacial score (nSPS) is 12.2. The minimum absolute atomic E-state index is 0.218. The summed E-state index contributed by atoms with van der Waals surface area (Å²) in [4.78, 5) is 16.1. The molecule has 146 valence electrons. The lowest BCUT2D eigenvalue weighted by Gasteiger charge is -2.19. The van der Waals surface area contributed by atoms with Crippen molar-refractivity contribution in [3.8, 4) is 16.9 Å². The van der Waals surface area contributed by atoms with Crippen LogP contribution in [0.25, 0.3) is 21.9 Å². The summed E-state index contributed by atoms with van der Waals surface area (Å²) in [5, 5.41) is 14.2. The van der Waals surface area contributed by atoms with E-state index in [0.29, 0.717) is 29.1 Å². The van der Waals surface area contributed by atoms with Gasteiger partial charge in [-0.2, -0.15) is 0 Å². The average Bonchev–Trinajstić information content (AvgIpc) is 2.67. The van der Waals surface area contributed by atoms with Gasteiger partial charge in [0.2, 0.25) is 0 Å². The van der Waals surface area contributed by atoms with E-state index in [1.54, 1.807) is 12.3 Å². The standard InChI is InChI=1S/C22H23FN2O3/c1-13(2)10-19(22(26)27)25-21-16-7-5-4-6-15(16)18(12-24-21)17-11-14(23)8-9-20(17)28-3/h4-9,11-13,19H,10H2,1-3H3,(H,24,25)(H,26,27). The molecule has 1 heterocycles. The summed E-state index contributed by atoms with van der Waals surface area (Å²) in [5.74, 6) is -0.0452. The second-order valence-electron chi connectivity index (χ2n) is 7.08. The number of fused-ring (bicyclic) bond motifs is 1. The Labute approximate surface area is 163 Å². The molecule has 3 aromatic rings. The van der Waals surface area contributed by atoms with Crippen LogP contribution in [0.15, 0.2) is 48.7 Å². The van der Waals surface area contributed by atoms with Gasteiger partial charge in [0.25, 0.3) is 0 Å². The van der Waals surface area contributed by atoms with Crippen LogP contribution >= 0.6 is 0 Å². The van der Waals surface area contributed by atoms with E-state index in [2.05, 4.69) is 10.3 Å². The van der Waals surface area contributed by atoms with E-state index < -0.39 is 12.0 Å². The third-order valence-corrected chi connectivity index (χ3v) is 4.56. The van der Waals surface area contributed by atoms with E-state index in [-0.39, 0.29) is 11.7 Å². The van der Waals surface area contributed by atoms with Gasteiger partial charge in [-0.1, -0.05) is 38.1 Å². The molecule has 2 aromatic carbocycles. The number of hydrogen-bond acceptors (Lipinski definition) is 4. The molecule has 0 radical (unpaired) electrons. The molecule has 0 spiro atoms. The molecule has 0 aliphatic heterocycles. The number of pyridine rings is 1. The van der Waals surface area contributed by atoms with Gasteiger partial charge in [-0.25, -0.2) is 14.2 Å². The Morgan fingerprint density at radius 3 is 2.54 bits per heavy atom. The fourth-order valence-electron chi connectivity index (χ4n) is 3.27. The SMILES string of the molecule is COc1ccc(F)cc1-c1cnc(NC(CC(C)C)C(=O)O)c2ccccc12. The van der Waals surface area contributed by atoms with Crippen LogP contribution in [0.3, 0.4) is 0 Å². The number of methoxy groups -OCH3 is 1. The lowest BCUT2D eigenvalue weighted by molar-refractivity contribution is -0.138. The first-order valence-corrected chi connectivity index (χ1v) is 9.11. The molecule has 3 rings (SSSR count). The van der Waals surface area contributed by atoms with E-state index >= 15 is 0 Å². The second kappa shape index (κ2) is 8.25. The number of halogens is 1. The number of nitrogens with zero attached hydrogens (tertiary/aromatic N) is 1. The van der Waals surface area contributed by atoms with Crippen LogP contribution in [0.4, 0.5) is 10.2 Å². The van der Waals surface area contributed by atoms with Crippen LogP contribution < -0.4 is 10.1 Å². The monoisotopic (exact) mass is 382 g/mol. The Bertz CT molecular complexity index is 1000. The summed E-state index contributed by atoms with van der Waals surface area (Å²) >= 11 is 0. The predicted octanol–water partition coefficient (Wildman–Crippen LogP) is 4.96. The number of nitrogens with one attached hydrogen (secondary N) is 1. The van der Waals surface area contributed by atoms with Crippen LogP contribution in [-0.2, 0) is 4.79 Å². The molecule has 0 aliphatic rings. The van der Waals surface area contributed by atoms with Crippen LogP contribution in [0.5, 0.6) is 5.75 Å². The molecule has 1 atom stereocenters. The highest BCUT2D eigenvalue weighted by molar-refractivity contribution is 6.03. The summed E-state index contributed by atoms with van der Waals surface area (Å²) in [6, 6.07) is 11.1. The fraction of sp³-hybridized carbons (Fsp3) is 0.273. The number of hydrogen-bond donors (Lipinski definition) is 2. The first-order valence-electron chi connectivity index (χ1n) is 9.11. The molecule has 0 aliphatic carbocycles. The van der Waals surface area contributed by atoms with Crippen molar-refractivity contribution >= 4 is 22.6 Å². The highest BCUT2D eigenvalue weighted by Gasteiger charge is 2.21. The first-order chi connectivity index (χ1) is 13.4. The highest BCUT2D eigenvalue weighted by Crippen LogP contribution is 2.37. The summed E-state index contributed by atoms with van der Waals surface area (Å²) in [6.07, 6.45) is 2.10. The van der Waals surface area contributed by atoms with Crippen molar-refractivity contribution in [3.63, 3.8) is 0 Å². The average molecular weight is 382 g/mol. The van der Waals surface area contributed by atoms with Gasteiger partial charge in [-0.05, 0) is 35.9 Å². The van der Waals surface area contributed by atoms with Crippen molar-refractivity contribution < 1.29 is 19.0 Å². The quantitative estimate of drug-likeness (QED) is 0.604. The lowest BCUT2D eigenvalue weighted by Crippen LogP contribution is -2.31. The first kappa shape index (κ1) is 19.6. The molecule has 1 unspecified atom stereocenters. The second-order valence-corrected chi connectivity index (χ2v) is 7.08. The maximum atomic E-state index is 13.9. The number of carboxylic acid groups (broad SMARTS) is 1. The Hall–Kier alpha value is -3.15. The lowest BCUT2D eigenvalue weighted by atomic mass is 9.99. The van der Waals surface area contributed by atoms with Gasteiger partial charge in [0, 0.05) is 22.7 Å². The molecular weight excluding hydrogens is 359 g/mol. The van der Waals surface area contributed by atoms with Crippen molar-refractivity contribution in [2.45, 2.75) is 26.3 Å². The zero-order chi connectivity index (χ0) is 20.3. The van der Waals surface area contributed by atoms with E-state index in [1.807, 2.05) is 38.1 Å². The Morgan fingerprint density at radius 1 is 1.18 bits per heavy atom. The smallest absolute Gasteiger partial charge is 0.326 e. The van der Waals surface area contributed by atoms with Crippen molar-refractivity contribution in [1.82, 2.24) is 4.98 Å². The zero-order valence-electron chi connectivity index (χ0n) is 16.1. The van der Waals surface area contributed by atoms with Crippen LogP contribution in [0.2, 0.25) is 0 Å². The molecule has 0 saturated carbocycles. The number of ether oxygens (including phenoxy) is 1. The van der Waals surface area contributed by atoms with Gasteiger partial charge in [-0.15, -0.1) is 0 Å². The largest absolute Gasteiger partial charge is 0.496 e. The van der Waals surface area contributed by atoms with Gasteiger partial charge in [-0.3, -0.25) is 0 Å². The number of rotatable bonds is 7. The topological polar surface area (TPSA) is 71.5 Å². The van der Waals surface area contributed by atoms with Crippen molar-refractivity contribution in [3.05, 3.63) is 54.5 Å². The molecule has 6 heteroatoms.